The van der Waals surface area contributed by atoms with E-state index in [0.717, 1.165) is 29.2 Å². The zero-order valence-electron chi connectivity index (χ0n) is 17.4. The molecule has 4 aromatic rings. The van der Waals surface area contributed by atoms with Gasteiger partial charge < -0.3 is 15.5 Å². The van der Waals surface area contributed by atoms with E-state index in [1.165, 1.54) is 11.8 Å². The smallest absolute Gasteiger partial charge is 0.234 e. The Kier molecular flexibility index (Phi) is 6.75. The highest BCUT2D eigenvalue weighted by atomic mass is 32.2. The van der Waals surface area contributed by atoms with Crippen LogP contribution in [0, 0.1) is 0 Å². The fraction of sp³-hybridized carbons (Fsp3) is 0.182. The van der Waals surface area contributed by atoms with E-state index in [0.29, 0.717) is 22.9 Å². The molecule has 2 aromatic carbocycles. The van der Waals surface area contributed by atoms with Crippen molar-refractivity contribution in [3.63, 3.8) is 0 Å². The third-order valence-electron chi connectivity index (χ3n) is 4.31. The lowest BCUT2D eigenvalue weighted by Gasteiger charge is -2.12. The van der Waals surface area contributed by atoms with Gasteiger partial charge in [-0.1, -0.05) is 48.5 Å². The molecule has 2 heterocycles. The van der Waals surface area contributed by atoms with Crippen LogP contribution in [-0.2, 0) is 0 Å². The summed E-state index contributed by atoms with van der Waals surface area (Å²) in [5, 5.41) is 14.5. The number of H-pyrrole nitrogens is 1. The van der Waals surface area contributed by atoms with Gasteiger partial charge in [-0.15, -0.1) is 0 Å². The van der Waals surface area contributed by atoms with Gasteiger partial charge >= 0.3 is 0 Å². The van der Waals surface area contributed by atoms with Gasteiger partial charge in [0.05, 0.1) is 5.69 Å². The van der Waals surface area contributed by atoms with Crippen LogP contribution in [0.25, 0.3) is 11.3 Å². The molecule has 0 spiro atoms. The minimum Gasteiger partial charge on any atom is -0.353 e. The predicted molar refractivity (Wildman–Crippen MR) is 125 cm³/mol. The van der Waals surface area contributed by atoms with Crippen LogP contribution in [0.2, 0.25) is 0 Å². The number of benzene rings is 2. The van der Waals surface area contributed by atoms with Gasteiger partial charge in [-0.05, 0) is 43.6 Å². The van der Waals surface area contributed by atoms with Crippen molar-refractivity contribution < 1.29 is 0 Å². The molecular weight excluding hydrogens is 408 g/mol. The number of hydrogen-bond donors (Lipinski definition) is 3. The van der Waals surface area contributed by atoms with Crippen LogP contribution in [0.3, 0.4) is 0 Å². The van der Waals surface area contributed by atoms with Gasteiger partial charge in [0.25, 0.3) is 0 Å². The third kappa shape index (κ3) is 6.03. The van der Waals surface area contributed by atoms with Gasteiger partial charge in [-0.25, -0.2) is 0 Å². The molecule has 0 radical (unpaired) electrons. The molecule has 8 nitrogen and oxygen atoms in total. The van der Waals surface area contributed by atoms with E-state index >= 15 is 0 Å². The first-order valence-corrected chi connectivity index (χ1v) is 10.7. The Labute approximate surface area is 185 Å². The molecule has 4 rings (SSSR count). The van der Waals surface area contributed by atoms with Crippen LogP contribution >= 0.6 is 11.8 Å². The van der Waals surface area contributed by atoms with Crippen LogP contribution in [0.1, 0.15) is 0 Å². The number of aromatic amines is 1. The normalized spacial score (nSPS) is 10.9. The fourth-order valence-electron chi connectivity index (χ4n) is 2.79. The fourth-order valence-corrected chi connectivity index (χ4v) is 3.56. The molecular formula is C22H24N8S. The highest BCUT2D eigenvalue weighted by molar-refractivity contribution is 7.99. The summed E-state index contributed by atoms with van der Waals surface area (Å²) in [6, 6.07) is 22.0. The van der Waals surface area contributed by atoms with E-state index in [1.54, 1.807) is 0 Å². The molecule has 0 aliphatic carbocycles. The van der Waals surface area contributed by atoms with Crippen molar-refractivity contribution in [3.05, 3.63) is 66.7 Å². The van der Waals surface area contributed by atoms with Crippen LogP contribution in [-0.4, -0.2) is 57.2 Å². The summed E-state index contributed by atoms with van der Waals surface area (Å²) in [6.45, 7) is 1.60. The maximum absolute atomic E-state index is 4.57. The van der Waals surface area contributed by atoms with Crippen molar-refractivity contribution in [3.8, 4) is 11.3 Å². The summed E-state index contributed by atoms with van der Waals surface area (Å²) in [7, 11) is 4.06. The lowest BCUT2D eigenvalue weighted by Crippen LogP contribution is -2.21. The molecule has 31 heavy (non-hydrogen) atoms. The van der Waals surface area contributed by atoms with Crippen LogP contribution < -0.4 is 10.6 Å². The number of aromatic nitrogens is 5. The van der Waals surface area contributed by atoms with Gasteiger partial charge in [0.2, 0.25) is 11.9 Å². The third-order valence-corrected chi connectivity index (χ3v) is 5.18. The molecule has 0 saturated carbocycles. The SMILES string of the molecule is CN(C)CCNc1nc(Nc2cc(-c3ccccc3)[nH]n2)nc(Sc2ccccc2)n1. The quantitative estimate of drug-likeness (QED) is 0.363. The van der Waals surface area contributed by atoms with Crippen molar-refractivity contribution in [2.45, 2.75) is 10.1 Å². The molecule has 0 unspecified atom stereocenters. The summed E-state index contributed by atoms with van der Waals surface area (Å²) in [5.41, 5.74) is 1.98. The number of likely N-dealkylation sites (N-methyl/N-ethyl adjacent to an activating group) is 1. The van der Waals surface area contributed by atoms with Gasteiger partial charge in [-0.2, -0.15) is 20.1 Å². The zero-order chi connectivity index (χ0) is 21.5. The molecule has 0 aliphatic heterocycles. The Bertz CT molecular complexity index is 1100. The number of anilines is 3. The van der Waals surface area contributed by atoms with Gasteiger partial charge in [0, 0.05) is 24.1 Å². The maximum atomic E-state index is 4.57. The molecule has 2 aromatic heterocycles. The van der Waals surface area contributed by atoms with Gasteiger partial charge in [0.1, 0.15) is 0 Å². The molecule has 158 valence electrons. The number of rotatable bonds is 9. The van der Waals surface area contributed by atoms with E-state index in [1.807, 2.05) is 80.8 Å². The van der Waals surface area contributed by atoms with Crippen LogP contribution in [0.15, 0.2) is 76.8 Å². The van der Waals surface area contributed by atoms with E-state index < -0.39 is 0 Å². The zero-order valence-corrected chi connectivity index (χ0v) is 18.2. The summed E-state index contributed by atoms with van der Waals surface area (Å²) in [4.78, 5) is 16.8. The minimum atomic E-state index is 0.437. The van der Waals surface area contributed by atoms with Crippen LogP contribution in [0.5, 0.6) is 0 Å². The number of nitrogens with one attached hydrogen (secondary N) is 3. The molecule has 0 atom stereocenters. The van der Waals surface area contributed by atoms with Crippen molar-refractivity contribution >= 4 is 29.5 Å². The number of hydrogen-bond acceptors (Lipinski definition) is 8. The first kappa shape index (κ1) is 20.8. The van der Waals surface area contributed by atoms with Crippen molar-refractivity contribution in [1.29, 1.82) is 0 Å². The highest BCUT2D eigenvalue weighted by Crippen LogP contribution is 2.27. The van der Waals surface area contributed by atoms with E-state index in [4.69, 9.17) is 0 Å². The van der Waals surface area contributed by atoms with Crippen molar-refractivity contribution in [2.24, 2.45) is 0 Å². The molecule has 0 aliphatic rings. The lowest BCUT2D eigenvalue weighted by atomic mass is 10.2. The van der Waals surface area contributed by atoms with Crippen molar-refractivity contribution in [2.75, 3.05) is 37.8 Å². The van der Waals surface area contributed by atoms with Gasteiger partial charge in [0.15, 0.2) is 11.0 Å². The average molecular weight is 433 g/mol. The Morgan fingerprint density at radius 1 is 0.903 bits per heavy atom. The summed E-state index contributed by atoms with van der Waals surface area (Å²) < 4.78 is 0. The Morgan fingerprint density at radius 3 is 2.35 bits per heavy atom. The molecule has 3 N–H and O–H groups in total. The summed E-state index contributed by atoms with van der Waals surface area (Å²) >= 11 is 1.49. The molecule has 0 fully saturated rings. The van der Waals surface area contributed by atoms with E-state index in [-0.39, 0.29) is 0 Å². The Balaban J connectivity index is 1.55. The lowest BCUT2D eigenvalue weighted by molar-refractivity contribution is 0.425. The summed E-state index contributed by atoms with van der Waals surface area (Å²) in [6.07, 6.45) is 0. The molecule has 0 saturated heterocycles. The molecule has 9 heteroatoms. The molecule has 0 bridgehead atoms. The Morgan fingerprint density at radius 2 is 1.61 bits per heavy atom. The highest BCUT2D eigenvalue weighted by Gasteiger charge is 2.11. The standard InChI is InChI=1S/C22H24N8S/c1-30(2)14-13-23-20-25-21(27-22(26-20)31-17-11-7-4-8-12-17)24-19-15-18(28-29-19)16-9-5-3-6-10-16/h3-12,15H,13-14H2,1-2H3,(H3,23,24,25,26,27,28,29). The largest absolute Gasteiger partial charge is 0.353 e. The van der Waals surface area contributed by atoms with Gasteiger partial charge in [-0.3, -0.25) is 5.10 Å². The minimum absolute atomic E-state index is 0.437. The number of nitrogens with zero attached hydrogens (tertiary/aromatic N) is 5. The molecule has 0 amide bonds. The maximum Gasteiger partial charge on any atom is 0.234 e. The topological polar surface area (TPSA) is 94.7 Å². The van der Waals surface area contributed by atoms with E-state index in [9.17, 15) is 0 Å². The second kappa shape index (κ2) is 10.1. The first-order chi connectivity index (χ1) is 15.2. The first-order valence-electron chi connectivity index (χ1n) is 9.91. The van der Waals surface area contributed by atoms with E-state index in [2.05, 4.69) is 40.7 Å². The summed E-state index contributed by atoms with van der Waals surface area (Å²) in [5.74, 6) is 1.60. The predicted octanol–water partition coefficient (Wildman–Crippen LogP) is 4.13. The average Bonchev–Trinajstić information content (AvgIpc) is 3.23. The second-order valence-corrected chi connectivity index (χ2v) is 8.11. The second-order valence-electron chi connectivity index (χ2n) is 7.07. The van der Waals surface area contributed by atoms with Crippen molar-refractivity contribution in [1.82, 2.24) is 30.0 Å². The monoisotopic (exact) mass is 432 g/mol. The van der Waals surface area contributed by atoms with Crippen LogP contribution in [0.4, 0.5) is 17.7 Å². The Hall–Kier alpha value is -3.43.